The Hall–Kier alpha value is -1.97. The van der Waals surface area contributed by atoms with Gasteiger partial charge in [-0.2, -0.15) is 0 Å². The monoisotopic (exact) mass is 297 g/mol. The first kappa shape index (κ1) is 14.0. The van der Waals surface area contributed by atoms with Gasteiger partial charge in [-0.15, -0.1) is 11.3 Å². The SMILES string of the molecule is Fc1ccc(CNCc2cc(-c3ccccc3)cs2)cc1. The van der Waals surface area contributed by atoms with Crippen molar-refractivity contribution in [2.75, 3.05) is 0 Å². The van der Waals surface area contributed by atoms with Gasteiger partial charge < -0.3 is 5.32 Å². The zero-order valence-electron chi connectivity index (χ0n) is 11.6. The summed E-state index contributed by atoms with van der Waals surface area (Å²) in [7, 11) is 0. The molecular formula is C18H16FNS. The minimum absolute atomic E-state index is 0.190. The van der Waals surface area contributed by atoms with Gasteiger partial charge in [-0.05, 0) is 40.3 Å². The van der Waals surface area contributed by atoms with Crippen molar-refractivity contribution in [3.63, 3.8) is 0 Å². The predicted octanol–water partition coefficient (Wildman–Crippen LogP) is 4.84. The minimum atomic E-state index is -0.190. The highest BCUT2D eigenvalue weighted by Crippen LogP contribution is 2.25. The van der Waals surface area contributed by atoms with Crippen molar-refractivity contribution in [2.24, 2.45) is 0 Å². The molecule has 3 rings (SSSR count). The van der Waals surface area contributed by atoms with Crippen LogP contribution in [0.1, 0.15) is 10.4 Å². The average Bonchev–Trinajstić information content (AvgIpc) is 2.99. The van der Waals surface area contributed by atoms with E-state index in [2.05, 4.69) is 41.0 Å². The third kappa shape index (κ3) is 3.78. The lowest BCUT2D eigenvalue weighted by atomic mass is 10.1. The van der Waals surface area contributed by atoms with Crippen LogP contribution in [0.15, 0.2) is 66.0 Å². The van der Waals surface area contributed by atoms with Crippen LogP contribution in [-0.2, 0) is 13.1 Å². The molecule has 3 heteroatoms. The van der Waals surface area contributed by atoms with Crippen LogP contribution < -0.4 is 5.32 Å². The Bertz CT molecular complexity index is 689. The lowest BCUT2D eigenvalue weighted by molar-refractivity contribution is 0.625. The maximum absolute atomic E-state index is 12.8. The van der Waals surface area contributed by atoms with Crippen molar-refractivity contribution in [2.45, 2.75) is 13.1 Å². The second-order valence-corrected chi connectivity index (χ2v) is 5.89. The molecule has 0 unspecified atom stereocenters. The number of rotatable bonds is 5. The molecule has 0 aliphatic heterocycles. The van der Waals surface area contributed by atoms with E-state index in [1.54, 1.807) is 11.3 Å². The quantitative estimate of drug-likeness (QED) is 0.710. The van der Waals surface area contributed by atoms with Crippen LogP contribution in [0.4, 0.5) is 4.39 Å². The molecule has 0 bridgehead atoms. The lowest BCUT2D eigenvalue weighted by Gasteiger charge is -2.03. The summed E-state index contributed by atoms with van der Waals surface area (Å²) in [4.78, 5) is 1.30. The van der Waals surface area contributed by atoms with E-state index in [4.69, 9.17) is 0 Å². The zero-order valence-corrected chi connectivity index (χ0v) is 12.4. The largest absolute Gasteiger partial charge is 0.308 e. The second-order valence-electron chi connectivity index (χ2n) is 4.90. The highest BCUT2D eigenvalue weighted by atomic mass is 32.1. The fourth-order valence-electron chi connectivity index (χ4n) is 2.19. The molecular weight excluding hydrogens is 281 g/mol. The van der Waals surface area contributed by atoms with Crippen LogP contribution in [0.25, 0.3) is 11.1 Å². The molecule has 1 heterocycles. The van der Waals surface area contributed by atoms with Gasteiger partial charge in [0, 0.05) is 18.0 Å². The molecule has 1 N–H and O–H groups in total. The molecule has 3 aromatic rings. The topological polar surface area (TPSA) is 12.0 Å². The molecule has 0 radical (unpaired) electrons. The number of hydrogen-bond donors (Lipinski definition) is 1. The van der Waals surface area contributed by atoms with Gasteiger partial charge in [-0.1, -0.05) is 42.5 Å². The lowest BCUT2D eigenvalue weighted by Crippen LogP contribution is -2.11. The number of hydrogen-bond acceptors (Lipinski definition) is 2. The summed E-state index contributed by atoms with van der Waals surface area (Å²) in [6, 6.07) is 19.2. The Labute approximate surface area is 128 Å². The molecule has 0 fully saturated rings. The first-order valence-electron chi connectivity index (χ1n) is 6.89. The van der Waals surface area contributed by atoms with Crippen molar-refractivity contribution in [1.29, 1.82) is 0 Å². The maximum Gasteiger partial charge on any atom is 0.123 e. The Kier molecular flexibility index (Phi) is 4.43. The standard InChI is InChI=1S/C18H16FNS/c19-17-8-6-14(7-9-17)11-20-12-18-10-16(13-21-18)15-4-2-1-3-5-15/h1-10,13,20H,11-12H2. The summed E-state index contributed by atoms with van der Waals surface area (Å²) < 4.78 is 12.8. The summed E-state index contributed by atoms with van der Waals surface area (Å²) in [5.74, 6) is -0.190. The average molecular weight is 297 g/mol. The molecule has 2 aromatic carbocycles. The number of nitrogens with one attached hydrogen (secondary N) is 1. The molecule has 0 aliphatic rings. The third-order valence-corrected chi connectivity index (χ3v) is 4.24. The van der Waals surface area contributed by atoms with E-state index in [0.29, 0.717) is 0 Å². The van der Waals surface area contributed by atoms with Gasteiger partial charge in [-0.25, -0.2) is 4.39 Å². The van der Waals surface area contributed by atoms with E-state index in [0.717, 1.165) is 18.7 Å². The van der Waals surface area contributed by atoms with E-state index in [-0.39, 0.29) is 5.82 Å². The molecule has 0 aliphatic carbocycles. The van der Waals surface area contributed by atoms with Gasteiger partial charge in [-0.3, -0.25) is 0 Å². The Morgan fingerprint density at radius 2 is 1.62 bits per heavy atom. The van der Waals surface area contributed by atoms with Gasteiger partial charge in [0.2, 0.25) is 0 Å². The number of halogens is 1. The van der Waals surface area contributed by atoms with Gasteiger partial charge in [0.1, 0.15) is 5.82 Å². The Morgan fingerprint density at radius 3 is 2.38 bits per heavy atom. The van der Waals surface area contributed by atoms with Gasteiger partial charge in [0.05, 0.1) is 0 Å². The summed E-state index contributed by atoms with van der Waals surface area (Å²) in [6.45, 7) is 1.58. The normalized spacial score (nSPS) is 10.7. The minimum Gasteiger partial charge on any atom is -0.308 e. The van der Waals surface area contributed by atoms with Gasteiger partial charge in [0.25, 0.3) is 0 Å². The summed E-state index contributed by atoms with van der Waals surface area (Å²) in [6.07, 6.45) is 0. The number of thiophene rings is 1. The van der Waals surface area contributed by atoms with Crippen LogP contribution in [0.2, 0.25) is 0 Å². The molecule has 0 spiro atoms. The highest BCUT2D eigenvalue weighted by molar-refractivity contribution is 7.10. The molecule has 0 saturated carbocycles. The fourth-order valence-corrected chi connectivity index (χ4v) is 3.05. The predicted molar refractivity (Wildman–Crippen MR) is 86.7 cm³/mol. The van der Waals surface area contributed by atoms with Crippen molar-refractivity contribution in [3.05, 3.63) is 82.3 Å². The highest BCUT2D eigenvalue weighted by Gasteiger charge is 2.02. The number of benzene rings is 2. The van der Waals surface area contributed by atoms with Crippen LogP contribution in [0, 0.1) is 5.82 Å². The fraction of sp³-hybridized carbons (Fsp3) is 0.111. The van der Waals surface area contributed by atoms with E-state index in [9.17, 15) is 4.39 Å². The third-order valence-electron chi connectivity index (χ3n) is 3.30. The van der Waals surface area contributed by atoms with E-state index >= 15 is 0 Å². The first-order valence-corrected chi connectivity index (χ1v) is 7.77. The molecule has 106 valence electrons. The molecule has 21 heavy (non-hydrogen) atoms. The maximum atomic E-state index is 12.8. The van der Waals surface area contributed by atoms with Gasteiger partial charge >= 0.3 is 0 Å². The van der Waals surface area contributed by atoms with Crippen molar-refractivity contribution in [3.8, 4) is 11.1 Å². The Morgan fingerprint density at radius 1 is 0.857 bits per heavy atom. The van der Waals surface area contributed by atoms with Gasteiger partial charge in [0.15, 0.2) is 0 Å². The molecule has 1 aromatic heterocycles. The van der Waals surface area contributed by atoms with Crippen molar-refractivity contribution >= 4 is 11.3 Å². The molecule has 0 amide bonds. The van der Waals surface area contributed by atoms with Crippen LogP contribution >= 0.6 is 11.3 Å². The van der Waals surface area contributed by atoms with Crippen molar-refractivity contribution in [1.82, 2.24) is 5.32 Å². The first-order chi connectivity index (χ1) is 10.3. The molecule has 0 atom stereocenters. The Balaban J connectivity index is 1.57. The van der Waals surface area contributed by atoms with E-state index < -0.39 is 0 Å². The smallest absolute Gasteiger partial charge is 0.123 e. The van der Waals surface area contributed by atoms with E-state index in [1.807, 2.05) is 18.2 Å². The van der Waals surface area contributed by atoms with Crippen molar-refractivity contribution < 1.29 is 4.39 Å². The molecule has 0 saturated heterocycles. The summed E-state index contributed by atoms with van der Waals surface area (Å²) in [5.41, 5.74) is 3.61. The van der Waals surface area contributed by atoms with Crippen LogP contribution in [-0.4, -0.2) is 0 Å². The van der Waals surface area contributed by atoms with Crippen LogP contribution in [0.3, 0.4) is 0 Å². The van der Waals surface area contributed by atoms with E-state index in [1.165, 1.54) is 28.1 Å². The van der Waals surface area contributed by atoms with Crippen LogP contribution in [0.5, 0.6) is 0 Å². The zero-order chi connectivity index (χ0) is 14.5. The summed E-state index contributed by atoms with van der Waals surface area (Å²) >= 11 is 1.76. The second kappa shape index (κ2) is 6.66. The summed E-state index contributed by atoms with van der Waals surface area (Å²) in [5, 5.41) is 5.57. The molecule has 1 nitrogen and oxygen atoms in total.